The van der Waals surface area contributed by atoms with Gasteiger partial charge in [0.1, 0.15) is 5.75 Å². The highest BCUT2D eigenvalue weighted by atomic mass is 16.4. The van der Waals surface area contributed by atoms with Crippen molar-refractivity contribution in [2.24, 2.45) is 0 Å². The summed E-state index contributed by atoms with van der Waals surface area (Å²) in [5, 5.41) is 20.9. The van der Waals surface area contributed by atoms with Crippen molar-refractivity contribution in [3.63, 3.8) is 0 Å². The van der Waals surface area contributed by atoms with E-state index in [1.54, 1.807) is 36.4 Å². The van der Waals surface area contributed by atoms with Gasteiger partial charge in [0.2, 0.25) is 0 Å². The van der Waals surface area contributed by atoms with Crippen LogP contribution in [-0.2, 0) is 0 Å². The van der Waals surface area contributed by atoms with Gasteiger partial charge in [-0.1, -0.05) is 30.3 Å². The number of hydrogen-bond acceptors (Lipinski definition) is 3. The molecule has 0 unspecified atom stereocenters. The first-order valence-electron chi connectivity index (χ1n) is 7.07. The van der Waals surface area contributed by atoms with Gasteiger partial charge in [0.05, 0.1) is 11.0 Å². The van der Waals surface area contributed by atoms with E-state index in [1.165, 1.54) is 4.57 Å². The quantitative estimate of drug-likeness (QED) is 0.555. The molecule has 4 aromatic rings. The molecule has 0 saturated heterocycles. The first kappa shape index (κ1) is 13.3. The van der Waals surface area contributed by atoms with Crippen molar-refractivity contribution in [3.05, 3.63) is 60.7 Å². The molecule has 0 spiro atoms. The Bertz CT molecular complexity index is 1070. The number of aromatic nitrogens is 2. The van der Waals surface area contributed by atoms with Crippen molar-refractivity contribution in [2.45, 2.75) is 0 Å². The molecule has 5 heteroatoms. The fourth-order valence-corrected chi connectivity index (χ4v) is 2.79. The average molecular weight is 304 g/mol. The van der Waals surface area contributed by atoms with Gasteiger partial charge >= 0.3 is 6.09 Å². The molecule has 0 atom stereocenters. The molecule has 112 valence electrons. The summed E-state index contributed by atoms with van der Waals surface area (Å²) in [6.45, 7) is 0. The number of carboxylic acid groups (broad SMARTS) is 1. The Balaban J connectivity index is 2.00. The van der Waals surface area contributed by atoms with Crippen LogP contribution in [0.3, 0.4) is 0 Å². The topological polar surface area (TPSA) is 75.3 Å². The van der Waals surface area contributed by atoms with Crippen LogP contribution in [0.2, 0.25) is 0 Å². The van der Waals surface area contributed by atoms with Crippen LogP contribution in [0, 0.1) is 0 Å². The summed E-state index contributed by atoms with van der Waals surface area (Å²) >= 11 is 0. The van der Waals surface area contributed by atoms with Crippen LogP contribution in [0.1, 0.15) is 0 Å². The lowest BCUT2D eigenvalue weighted by Gasteiger charge is -2.05. The van der Waals surface area contributed by atoms with Gasteiger partial charge in [0.15, 0.2) is 5.82 Å². The van der Waals surface area contributed by atoms with E-state index in [-0.39, 0.29) is 5.75 Å². The smallest absolute Gasteiger partial charge is 0.417 e. The fourth-order valence-electron chi connectivity index (χ4n) is 2.79. The summed E-state index contributed by atoms with van der Waals surface area (Å²) in [5.41, 5.74) is 1.90. The van der Waals surface area contributed by atoms with Crippen LogP contribution in [0.15, 0.2) is 60.7 Å². The zero-order valence-corrected chi connectivity index (χ0v) is 12.0. The zero-order chi connectivity index (χ0) is 16.0. The number of imidazole rings is 1. The molecule has 1 heterocycles. The summed E-state index contributed by atoms with van der Waals surface area (Å²) < 4.78 is 1.19. The minimum atomic E-state index is -1.07. The first-order valence-corrected chi connectivity index (χ1v) is 7.07. The molecule has 2 N–H and O–H groups in total. The summed E-state index contributed by atoms with van der Waals surface area (Å²) in [6.07, 6.45) is -1.07. The molecule has 0 saturated carbocycles. The summed E-state index contributed by atoms with van der Waals surface area (Å²) in [7, 11) is 0. The number of para-hydroxylation sites is 2. The van der Waals surface area contributed by atoms with Crippen molar-refractivity contribution in [3.8, 4) is 17.1 Å². The predicted molar refractivity (Wildman–Crippen MR) is 87.8 cm³/mol. The third-order valence-electron chi connectivity index (χ3n) is 3.83. The number of phenolic OH excluding ortho intramolecular Hbond substituents is 1. The lowest BCUT2D eigenvalue weighted by molar-refractivity contribution is 0.197. The SMILES string of the molecule is O=C(O)n1c(-c2ccc3cc(O)ccc3c2)nc2ccccc21. The number of nitrogens with zero attached hydrogens (tertiary/aromatic N) is 2. The molecule has 0 aliphatic rings. The van der Waals surface area contributed by atoms with E-state index in [0.29, 0.717) is 22.4 Å². The molecule has 0 amide bonds. The lowest BCUT2D eigenvalue weighted by Crippen LogP contribution is -2.09. The molecule has 0 aliphatic heterocycles. The second-order valence-corrected chi connectivity index (χ2v) is 5.29. The van der Waals surface area contributed by atoms with E-state index >= 15 is 0 Å². The number of carbonyl (C=O) groups is 1. The fraction of sp³-hybridized carbons (Fsp3) is 0. The minimum absolute atomic E-state index is 0.197. The highest BCUT2D eigenvalue weighted by Crippen LogP contribution is 2.28. The Morgan fingerprint density at radius 2 is 1.70 bits per heavy atom. The van der Waals surface area contributed by atoms with Crippen LogP contribution in [0.5, 0.6) is 5.75 Å². The Hall–Kier alpha value is -3.34. The van der Waals surface area contributed by atoms with Crippen LogP contribution in [0.25, 0.3) is 33.2 Å². The van der Waals surface area contributed by atoms with Crippen molar-refractivity contribution < 1.29 is 15.0 Å². The second-order valence-electron chi connectivity index (χ2n) is 5.29. The van der Waals surface area contributed by atoms with Gasteiger partial charge in [-0.2, -0.15) is 0 Å². The molecular weight excluding hydrogens is 292 g/mol. The molecule has 23 heavy (non-hydrogen) atoms. The normalized spacial score (nSPS) is 11.1. The third-order valence-corrected chi connectivity index (χ3v) is 3.83. The van der Waals surface area contributed by atoms with Gasteiger partial charge in [-0.05, 0) is 41.1 Å². The summed E-state index contributed by atoms with van der Waals surface area (Å²) in [5.74, 6) is 0.580. The zero-order valence-electron chi connectivity index (χ0n) is 12.0. The van der Waals surface area contributed by atoms with Gasteiger partial charge in [-0.3, -0.25) is 0 Å². The Morgan fingerprint density at radius 3 is 2.52 bits per heavy atom. The second kappa shape index (κ2) is 4.84. The van der Waals surface area contributed by atoms with Crippen molar-refractivity contribution in [2.75, 3.05) is 0 Å². The number of rotatable bonds is 1. The van der Waals surface area contributed by atoms with E-state index in [1.807, 2.05) is 24.3 Å². The predicted octanol–water partition coefficient (Wildman–Crippen LogP) is 4.09. The molecule has 4 rings (SSSR count). The Morgan fingerprint density at radius 1 is 0.957 bits per heavy atom. The van der Waals surface area contributed by atoms with Crippen molar-refractivity contribution in [1.82, 2.24) is 9.55 Å². The molecule has 0 aliphatic carbocycles. The number of benzene rings is 3. The number of fused-ring (bicyclic) bond motifs is 2. The van der Waals surface area contributed by atoms with Gasteiger partial charge in [0, 0.05) is 5.56 Å². The summed E-state index contributed by atoms with van der Waals surface area (Å²) in [4.78, 5) is 16.1. The molecule has 3 aromatic carbocycles. The molecular formula is C18H12N2O3. The highest BCUT2D eigenvalue weighted by Gasteiger charge is 2.17. The molecule has 0 fully saturated rings. The van der Waals surface area contributed by atoms with Crippen LogP contribution < -0.4 is 0 Å². The Labute approximate surface area is 131 Å². The van der Waals surface area contributed by atoms with E-state index < -0.39 is 6.09 Å². The summed E-state index contributed by atoms with van der Waals surface area (Å²) in [6, 6.07) is 17.7. The number of phenols is 1. The van der Waals surface area contributed by atoms with E-state index in [4.69, 9.17) is 0 Å². The third kappa shape index (κ3) is 2.10. The number of hydrogen-bond donors (Lipinski definition) is 2. The first-order chi connectivity index (χ1) is 11.1. The lowest BCUT2D eigenvalue weighted by atomic mass is 10.1. The van der Waals surface area contributed by atoms with Crippen LogP contribution in [0.4, 0.5) is 4.79 Å². The number of aromatic hydroxyl groups is 1. The van der Waals surface area contributed by atoms with Gasteiger partial charge in [0.25, 0.3) is 0 Å². The van der Waals surface area contributed by atoms with Gasteiger partial charge < -0.3 is 10.2 Å². The monoisotopic (exact) mass is 304 g/mol. The van der Waals surface area contributed by atoms with Gasteiger partial charge in [-0.15, -0.1) is 0 Å². The van der Waals surface area contributed by atoms with Crippen molar-refractivity contribution >= 4 is 27.9 Å². The minimum Gasteiger partial charge on any atom is -0.508 e. The standard InChI is InChI=1S/C18H12N2O3/c21-14-8-7-11-9-13(6-5-12(11)10-14)17-19-15-3-1-2-4-16(15)20(17)18(22)23/h1-10,21H,(H,22,23). The average Bonchev–Trinajstić information content (AvgIpc) is 2.94. The van der Waals surface area contributed by atoms with E-state index in [2.05, 4.69) is 4.98 Å². The van der Waals surface area contributed by atoms with Gasteiger partial charge in [-0.25, -0.2) is 14.3 Å². The maximum atomic E-state index is 11.7. The molecule has 1 aromatic heterocycles. The largest absolute Gasteiger partial charge is 0.508 e. The molecule has 0 radical (unpaired) electrons. The van der Waals surface area contributed by atoms with Crippen LogP contribution in [-0.4, -0.2) is 25.9 Å². The molecule has 5 nitrogen and oxygen atoms in total. The van der Waals surface area contributed by atoms with E-state index in [9.17, 15) is 15.0 Å². The van der Waals surface area contributed by atoms with Crippen molar-refractivity contribution in [1.29, 1.82) is 0 Å². The Kier molecular flexibility index (Phi) is 2.81. The van der Waals surface area contributed by atoms with E-state index in [0.717, 1.165) is 10.8 Å². The highest BCUT2D eigenvalue weighted by molar-refractivity contribution is 5.93. The molecule has 0 bridgehead atoms. The maximum Gasteiger partial charge on any atom is 0.417 e. The van der Waals surface area contributed by atoms with Crippen LogP contribution >= 0.6 is 0 Å². The maximum absolute atomic E-state index is 11.7.